The molecule has 190 valence electrons. The van der Waals surface area contributed by atoms with Crippen LogP contribution in [0.3, 0.4) is 0 Å². The number of nitro benzene ring substituents is 1. The molecule has 2 aromatic carbocycles. The molecular weight excluding hydrogens is 534 g/mol. The molecule has 37 heavy (non-hydrogen) atoms. The average Bonchev–Trinajstić information content (AvgIpc) is 3.59. The molecule has 0 unspecified atom stereocenters. The Morgan fingerprint density at radius 1 is 1.00 bits per heavy atom. The van der Waals surface area contributed by atoms with E-state index in [9.17, 15) is 18.5 Å². The maximum absolute atomic E-state index is 12.9. The molecule has 10 nitrogen and oxygen atoms in total. The van der Waals surface area contributed by atoms with E-state index in [2.05, 4.69) is 5.10 Å². The van der Waals surface area contributed by atoms with Crippen LogP contribution in [0, 0.1) is 10.1 Å². The largest absolute Gasteiger partial charge is 0.379 e. The predicted molar refractivity (Wildman–Crippen MR) is 143 cm³/mol. The number of morpholine rings is 1. The van der Waals surface area contributed by atoms with Crippen molar-refractivity contribution in [3.8, 4) is 10.6 Å². The lowest BCUT2D eigenvalue weighted by Gasteiger charge is -2.26. The van der Waals surface area contributed by atoms with Gasteiger partial charge in [0.25, 0.3) is 5.69 Å². The van der Waals surface area contributed by atoms with Crippen molar-refractivity contribution in [1.82, 2.24) is 8.98 Å². The maximum Gasteiger partial charge on any atom is 0.269 e. The van der Waals surface area contributed by atoms with Crippen LogP contribution in [0.25, 0.3) is 10.6 Å². The zero-order valence-electron chi connectivity index (χ0n) is 19.3. The number of hydrogen-bond acceptors (Lipinski definition) is 9. The van der Waals surface area contributed by atoms with Crippen LogP contribution in [-0.4, -0.2) is 54.8 Å². The molecule has 0 saturated carbocycles. The Hall–Kier alpha value is -3.49. The highest BCUT2D eigenvalue weighted by Gasteiger charge is 2.26. The molecule has 0 atom stereocenters. The standard InChI is InChI=1S/C24H21N5O5S3/c30-29(31)20-7-3-18(4-8-20)16-25-28-22(23-2-1-15-35-23)17-36-24(28)26-19-5-9-21(10-6-19)37(32,33)27-11-13-34-14-12-27/h1-10,15-17H,11-14H2. The summed E-state index contributed by atoms with van der Waals surface area (Å²) < 4.78 is 34.2. The van der Waals surface area contributed by atoms with Gasteiger partial charge in [0.15, 0.2) is 0 Å². The Balaban J connectivity index is 1.47. The number of benzene rings is 2. The van der Waals surface area contributed by atoms with Crippen LogP contribution in [0.4, 0.5) is 11.4 Å². The lowest BCUT2D eigenvalue weighted by molar-refractivity contribution is -0.384. The summed E-state index contributed by atoms with van der Waals surface area (Å²) in [5.41, 5.74) is 2.14. The predicted octanol–water partition coefficient (Wildman–Crippen LogP) is 4.32. The summed E-state index contributed by atoms with van der Waals surface area (Å²) in [6, 6.07) is 16.5. The molecule has 0 amide bonds. The number of aromatic nitrogens is 1. The molecule has 2 aromatic heterocycles. The SMILES string of the molecule is O=[N+]([O-])c1ccc(C=Nn2c(-c3cccs3)csc2=Nc2ccc(S(=O)(=O)N3CCOCC3)cc2)cc1. The van der Waals surface area contributed by atoms with Gasteiger partial charge in [0.2, 0.25) is 14.8 Å². The molecular formula is C24H21N5O5S3. The molecule has 1 aliphatic heterocycles. The molecule has 5 rings (SSSR count). The van der Waals surface area contributed by atoms with Gasteiger partial charge in [0.1, 0.15) is 0 Å². The third-order valence-corrected chi connectivity index (χ3v) is 9.18. The van der Waals surface area contributed by atoms with E-state index < -0.39 is 14.9 Å². The van der Waals surface area contributed by atoms with Crippen molar-refractivity contribution < 1.29 is 18.1 Å². The number of non-ortho nitro benzene ring substituents is 1. The summed E-state index contributed by atoms with van der Waals surface area (Å²) in [5.74, 6) is 0. The first kappa shape index (κ1) is 25.2. The first-order valence-electron chi connectivity index (χ1n) is 11.2. The minimum atomic E-state index is -3.59. The second-order valence-corrected chi connectivity index (χ2v) is 11.6. The van der Waals surface area contributed by atoms with E-state index in [1.165, 1.54) is 27.8 Å². The van der Waals surface area contributed by atoms with Crippen molar-refractivity contribution in [1.29, 1.82) is 0 Å². The van der Waals surface area contributed by atoms with Gasteiger partial charge >= 0.3 is 0 Å². The minimum absolute atomic E-state index is 0.00869. The fraction of sp³-hybridized carbons (Fsp3) is 0.167. The highest BCUT2D eigenvalue weighted by atomic mass is 32.2. The van der Waals surface area contributed by atoms with E-state index in [-0.39, 0.29) is 10.6 Å². The number of thiophene rings is 1. The van der Waals surface area contributed by atoms with Crippen molar-refractivity contribution >= 4 is 50.3 Å². The maximum atomic E-state index is 12.9. The van der Waals surface area contributed by atoms with Crippen LogP contribution >= 0.6 is 22.7 Å². The normalized spacial score (nSPS) is 15.4. The van der Waals surface area contributed by atoms with Gasteiger partial charge in [0.05, 0.1) is 45.5 Å². The van der Waals surface area contributed by atoms with Crippen molar-refractivity contribution in [2.75, 3.05) is 26.3 Å². The Bertz CT molecular complexity index is 1580. The van der Waals surface area contributed by atoms with Gasteiger partial charge < -0.3 is 4.74 Å². The molecule has 1 saturated heterocycles. The van der Waals surface area contributed by atoms with Crippen molar-refractivity contribution in [3.63, 3.8) is 0 Å². The highest BCUT2D eigenvalue weighted by molar-refractivity contribution is 7.89. The Morgan fingerprint density at radius 3 is 2.38 bits per heavy atom. The molecule has 0 N–H and O–H groups in total. The third-order valence-electron chi connectivity index (χ3n) is 5.55. The van der Waals surface area contributed by atoms with E-state index in [0.29, 0.717) is 42.4 Å². The van der Waals surface area contributed by atoms with E-state index in [0.717, 1.165) is 10.6 Å². The summed E-state index contributed by atoms with van der Waals surface area (Å²) in [6.45, 7) is 1.44. The smallest absolute Gasteiger partial charge is 0.269 e. The summed E-state index contributed by atoms with van der Waals surface area (Å²) in [5, 5.41) is 19.5. The highest BCUT2D eigenvalue weighted by Crippen LogP contribution is 2.26. The van der Waals surface area contributed by atoms with Gasteiger partial charge in [-0.15, -0.1) is 22.7 Å². The van der Waals surface area contributed by atoms with Gasteiger partial charge in [-0.2, -0.15) is 9.41 Å². The van der Waals surface area contributed by atoms with E-state index in [1.807, 2.05) is 22.9 Å². The van der Waals surface area contributed by atoms with Gasteiger partial charge in [-0.3, -0.25) is 10.1 Å². The molecule has 1 aliphatic rings. The third kappa shape index (κ3) is 5.60. The van der Waals surface area contributed by atoms with Gasteiger partial charge in [0, 0.05) is 30.6 Å². The Kier molecular flexibility index (Phi) is 7.39. The minimum Gasteiger partial charge on any atom is -0.379 e. The van der Waals surface area contributed by atoms with Crippen LogP contribution in [0.1, 0.15) is 5.56 Å². The van der Waals surface area contributed by atoms with Crippen molar-refractivity contribution in [3.05, 3.63) is 91.9 Å². The van der Waals surface area contributed by atoms with Crippen molar-refractivity contribution in [2.24, 2.45) is 10.1 Å². The van der Waals surface area contributed by atoms with Crippen LogP contribution in [0.5, 0.6) is 0 Å². The second-order valence-electron chi connectivity index (χ2n) is 7.91. The molecule has 0 bridgehead atoms. The number of ether oxygens (including phenoxy) is 1. The lowest BCUT2D eigenvalue weighted by atomic mass is 10.2. The second kappa shape index (κ2) is 10.9. The average molecular weight is 556 g/mol. The van der Waals surface area contributed by atoms with Gasteiger partial charge in [-0.05, 0) is 53.4 Å². The number of nitro groups is 1. The number of thiazole rings is 1. The molecule has 4 aromatic rings. The summed E-state index contributed by atoms with van der Waals surface area (Å²) in [7, 11) is -3.59. The Morgan fingerprint density at radius 2 is 1.73 bits per heavy atom. The number of rotatable bonds is 7. The summed E-state index contributed by atoms with van der Waals surface area (Å²) in [6.07, 6.45) is 1.62. The van der Waals surface area contributed by atoms with E-state index in [4.69, 9.17) is 9.73 Å². The van der Waals surface area contributed by atoms with Crippen LogP contribution < -0.4 is 4.80 Å². The Labute approximate surface area is 220 Å². The fourth-order valence-electron chi connectivity index (χ4n) is 3.63. The molecule has 0 radical (unpaired) electrons. The quantitative estimate of drug-likeness (QED) is 0.191. The molecule has 3 heterocycles. The summed E-state index contributed by atoms with van der Waals surface area (Å²) in [4.78, 5) is 17.0. The topological polar surface area (TPSA) is 119 Å². The number of nitrogens with zero attached hydrogens (tertiary/aromatic N) is 5. The molecule has 0 aliphatic carbocycles. The zero-order chi connectivity index (χ0) is 25.8. The lowest BCUT2D eigenvalue weighted by Crippen LogP contribution is -2.40. The number of sulfonamides is 1. The van der Waals surface area contributed by atoms with Crippen LogP contribution in [0.2, 0.25) is 0 Å². The molecule has 1 fully saturated rings. The molecule has 0 spiro atoms. The van der Waals surface area contributed by atoms with Gasteiger partial charge in [-0.1, -0.05) is 6.07 Å². The first-order valence-corrected chi connectivity index (χ1v) is 14.4. The van der Waals surface area contributed by atoms with Gasteiger partial charge in [-0.25, -0.2) is 18.1 Å². The summed E-state index contributed by atoms with van der Waals surface area (Å²) >= 11 is 2.97. The zero-order valence-corrected chi connectivity index (χ0v) is 21.8. The van der Waals surface area contributed by atoms with E-state index in [1.54, 1.807) is 58.6 Å². The first-order chi connectivity index (χ1) is 17.9. The van der Waals surface area contributed by atoms with E-state index >= 15 is 0 Å². The van der Waals surface area contributed by atoms with Crippen LogP contribution in [-0.2, 0) is 14.8 Å². The van der Waals surface area contributed by atoms with Crippen molar-refractivity contribution in [2.45, 2.75) is 4.90 Å². The van der Waals surface area contributed by atoms with Crippen LogP contribution in [0.15, 0.2) is 86.4 Å². The number of hydrogen-bond donors (Lipinski definition) is 0. The molecule has 13 heteroatoms. The monoisotopic (exact) mass is 555 g/mol. The fourth-order valence-corrected chi connectivity index (χ4v) is 6.69.